The lowest BCUT2D eigenvalue weighted by atomic mass is 10.3. The van der Waals surface area contributed by atoms with Gasteiger partial charge >= 0.3 is 0 Å². The smallest absolute Gasteiger partial charge is 0.135 e. The maximum Gasteiger partial charge on any atom is 0.135 e. The molecule has 6 heteroatoms. The predicted molar refractivity (Wildman–Crippen MR) is 87.5 cm³/mol. The van der Waals surface area contributed by atoms with Gasteiger partial charge in [0.2, 0.25) is 0 Å². The topological polar surface area (TPSA) is 39.1 Å². The second-order valence-electron chi connectivity index (χ2n) is 4.37. The van der Waals surface area contributed by atoms with Crippen LogP contribution in [0.15, 0.2) is 33.3 Å². The van der Waals surface area contributed by atoms with Gasteiger partial charge in [-0.3, -0.25) is 0 Å². The first-order chi connectivity index (χ1) is 9.65. The van der Waals surface area contributed by atoms with Crippen molar-refractivity contribution >= 4 is 31.9 Å². The molecule has 0 unspecified atom stereocenters. The van der Waals surface area contributed by atoms with E-state index in [1.807, 2.05) is 29.1 Å². The number of hydrogen-bond donors (Lipinski definition) is 1. The van der Waals surface area contributed by atoms with Crippen molar-refractivity contribution in [3.05, 3.63) is 39.0 Å². The molecule has 0 aliphatic heterocycles. The van der Waals surface area contributed by atoms with Gasteiger partial charge in [0.15, 0.2) is 0 Å². The Morgan fingerprint density at radius 2 is 2.10 bits per heavy atom. The molecular formula is C14H17Br2N3O. The van der Waals surface area contributed by atoms with Gasteiger partial charge in [0.05, 0.1) is 23.0 Å². The standard InChI is InChI=1S/C14H17Br2N3O/c1-3-5-17-9-10-4-6-19(18-10)13-8-14(20-2)12(16)7-11(13)15/h4,6-8,17H,3,5,9H2,1-2H3. The number of methoxy groups -OCH3 is 1. The number of nitrogens with one attached hydrogen (secondary N) is 1. The molecule has 0 amide bonds. The van der Waals surface area contributed by atoms with Crippen LogP contribution in [-0.2, 0) is 6.54 Å². The van der Waals surface area contributed by atoms with Gasteiger partial charge in [-0.15, -0.1) is 0 Å². The number of aromatic nitrogens is 2. The molecule has 108 valence electrons. The van der Waals surface area contributed by atoms with Gasteiger partial charge in [-0.25, -0.2) is 4.68 Å². The Labute approximate surface area is 135 Å². The zero-order valence-corrected chi connectivity index (χ0v) is 14.7. The monoisotopic (exact) mass is 401 g/mol. The van der Waals surface area contributed by atoms with Gasteiger partial charge in [-0.2, -0.15) is 5.10 Å². The van der Waals surface area contributed by atoms with Crippen LogP contribution >= 0.6 is 31.9 Å². The third-order valence-corrected chi connectivity index (χ3v) is 4.10. The molecule has 1 aromatic heterocycles. The molecule has 20 heavy (non-hydrogen) atoms. The molecule has 0 aliphatic rings. The minimum Gasteiger partial charge on any atom is -0.495 e. The highest BCUT2D eigenvalue weighted by Gasteiger charge is 2.10. The molecule has 4 nitrogen and oxygen atoms in total. The maximum atomic E-state index is 5.33. The molecular weight excluding hydrogens is 386 g/mol. The van der Waals surface area contributed by atoms with Crippen LogP contribution in [-0.4, -0.2) is 23.4 Å². The van der Waals surface area contributed by atoms with E-state index in [4.69, 9.17) is 4.74 Å². The first-order valence-corrected chi connectivity index (χ1v) is 8.03. The van der Waals surface area contributed by atoms with Crippen molar-refractivity contribution in [3.63, 3.8) is 0 Å². The third kappa shape index (κ3) is 3.62. The summed E-state index contributed by atoms with van der Waals surface area (Å²) in [6, 6.07) is 5.93. The van der Waals surface area contributed by atoms with E-state index in [9.17, 15) is 0 Å². The Bertz CT molecular complexity index is 584. The predicted octanol–water partition coefficient (Wildman–Crippen LogP) is 3.91. The fraction of sp³-hybridized carbons (Fsp3) is 0.357. The van der Waals surface area contributed by atoms with Crippen molar-refractivity contribution in [1.29, 1.82) is 0 Å². The number of benzene rings is 1. The Kier molecular flexibility index (Phi) is 5.63. The average Bonchev–Trinajstić information content (AvgIpc) is 2.88. The Hall–Kier alpha value is -0.850. The fourth-order valence-corrected chi connectivity index (χ4v) is 3.17. The number of ether oxygens (including phenoxy) is 1. The van der Waals surface area contributed by atoms with Gasteiger partial charge in [-0.1, -0.05) is 6.92 Å². The van der Waals surface area contributed by atoms with E-state index in [0.717, 1.165) is 45.6 Å². The van der Waals surface area contributed by atoms with Gasteiger partial charge in [0.1, 0.15) is 5.75 Å². The van der Waals surface area contributed by atoms with E-state index >= 15 is 0 Å². The van der Waals surface area contributed by atoms with Crippen LogP contribution in [0.3, 0.4) is 0 Å². The molecule has 0 aliphatic carbocycles. The summed E-state index contributed by atoms with van der Waals surface area (Å²) >= 11 is 7.02. The summed E-state index contributed by atoms with van der Waals surface area (Å²) in [6.45, 7) is 3.94. The number of hydrogen-bond acceptors (Lipinski definition) is 3. The summed E-state index contributed by atoms with van der Waals surface area (Å²) in [7, 11) is 1.65. The van der Waals surface area contributed by atoms with Crippen molar-refractivity contribution in [2.45, 2.75) is 19.9 Å². The van der Waals surface area contributed by atoms with Crippen molar-refractivity contribution in [1.82, 2.24) is 15.1 Å². The van der Waals surface area contributed by atoms with Gasteiger partial charge < -0.3 is 10.1 Å². The molecule has 1 heterocycles. The fourth-order valence-electron chi connectivity index (χ4n) is 1.83. The van der Waals surface area contributed by atoms with Crippen molar-refractivity contribution < 1.29 is 4.74 Å². The summed E-state index contributed by atoms with van der Waals surface area (Å²) in [5.41, 5.74) is 1.97. The first kappa shape index (κ1) is 15.5. The van der Waals surface area contributed by atoms with Crippen LogP contribution in [0.25, 0.3) is 5.69 Å². The molecule has 0 saturated heterocycles. The first-order valence-electron chi connectivity index (χ1n) is 6.44. The van der Waals surface area contributed by atoms with Crippen LogP contribution in [0.5, 0.6) is 5.75 Å². The molecule has 2 rings (SSSR count). The molecule has 0 fully saturated rings. The van der Waals surface area contributed by atoms with E-state index in [0.29, 0.717) is 0 Å². The van der Waals surface area contributed by atoms with Crippen LogP contribution in [0.4, 0.5) is 0 Å². The molecule has 0 saturated carbocycles. The van der Waals surface area contributed by atoms with Crippen LogP contribution in [0, 0.1) is 0 Å². The second-order valence-corrected chi connectivity index (χ2v) is 6.08. The highest BCUT2D eigenvalue weighted by molar-refractivity contribution is 9.11. The molecule has 0 bridgehead atoms. The average molecular weight is 403 g/mol. The minimum atomic E-state index is 0.782. The van der Waals surface area contributed by atoms with E-state index in [1.54, 1.807) is 7.11 Å². The molecule has 1 aromatic carbocycles. The summed E-state index contributed by atoms with van der Waals surface area (Å²) in [6.07, 6.45) is 3.08. The highest BCUT2D eigenvalue weighted by atomic mass is 79.9. The van der Waals surface area contributed by atoms with Gasteiger partial charge in [0, 0.05) is 23.3 Å². The van der Waals surface area contributed by atoms with Crippen molar-refractivity contribution in [2.75, 3.05) is 13.7 Å². The highest BCUT2D eigenvalue weighted by Crippen LogP contribution is 2.33. The van der Waals surface area contributed by atoms with Crippen LogP contribution in [0.1, 0.15) is 19.0 Å². The van der Waals surface area contributed by atoms with Crippen molar-refractivity contribution in [2.24, 2.45) is 0 Å². The normalized spacial score (nSPS) is 10.8. The summed E-state index contributed by atoms with van der Waals surface area (Å²) < 4.78 is 9.05. The summed E-state index contributed by atoms with van der Waals surface area (Å²) in [5, 5.41) is 7.91. The lowest BCUT2D eigenvalue weighted by molar-refractivity contribution is 0.411. The van der Waals surface area contributed by atoms with E-state index < -0.39 is 0 Å². The quantitative estimate of drug-likeness (QED) is 0.744. The lowest BCUT2D eigenvalue weighted by Gasteiger charge is -2.09. The number of nitrogens with zero attached hydrogens (tertiary/aromatic N) is 2. The zero-order chi connectivity index (χ0) is 14.5. The van der Waals surface area contributed by atoms with Crippen LogP contribution in [0.2, 0.25) is 0 Å². The van der Waals surface area contributed by atoms with Crippen molar-refractivity contribution in [3.8, 4) is 11.4 Å². The van der Waals surface area contributed by atoms with Gasteiger partial charge in [-0.05, 0) is 57.0 Å². The zero-order valence-electron chi connectivity index (χ0n) is 11.5. The van der Waals surface area contributed by atoms with E-state index in [1.165, 1.54) is 0 Å². The molecule has 0 atom stereocenters. The largest absolute Gasteiger partial charge is 0.495 e. The summed E-state index contributed by atoms with van der Waals surface area (Å²) in [4.78, 5) is 0. The maximum absolute atomic E-state index is 5.33. The Morgan fingerprint density at radius 1 is 1.30 bits per heavy atom. The number of halogens is 2. The minimum absolute atomic E-state index is 0.782. The molecule has 0 radical (unpaired) electrons. The third-order valence-electron chi connectivity index (χ3n) is 2.85. The SMILES string of the molecule is CCCNCc1ccn(-c2cc(OC)c(Br)cc2Br)n1. The number of rotatable bonds is 6. The Balaban J connectivity index is 2.23. The van der Waals surface area contributed by atoms with E-state index in [2.05, 4.69) is 49.2 Å². The molecule has 2 aromatic rings. The van der Waals surface area contributed by atoms with E-state index in [-0.39, 0.29) is 0 Å². The molecule has 0 spiro atoms. The summed E-state index contributed by atoms with van der Waals surface area (Å²) in [5.74, 6) is 0.782. The van der Waals surface area contributed by atoms with Gasteiger partial charge in [0.25, 0.3) is 0 Å². The van der Waals surface area contributed by atoms with Crippen LogP contribution < -0.4 is 10.1 Å². The lowest BCUT2D eigenvalue weighted by Crippen LogP contribution is -2.14. The second kappa shape index (κ2) is 7.24. The Morgan fingerprint density at radius 3 is 2.80 bits per heavy atom. The molecule has 1 N–H and O–H groups in total.